The van der Waals surface area contributed by atoms with Crippen molar-refractivity contribution in [3.63, 3.8) is 0 Å². The zero-order valence-electron chi connectivity index (χ0n) is 9.73. The standard InChI is InChI=1S/C10H16N2O5/c1-11-5-7-16-6-4-10(15)17-12-8(13)2-3-9(12)14/h11H,2-7H2,1H3. The fourth-order valence-electron chi connectivity index (χ4n) is 1.24. The lowest BCUT2D eigenvalue weighted by Gasteiger charge is -2.12. The van der Waals surface area contributed by atoms with Crippen molar-refractivity contribution in [2.45, 2.75) is 19.3 Å². The smallest absolute Gasteiger partial charge is 0.335 e. The lowest BCUT2D eigenvalue weighted by Crippen LogP contribution is -2.32. The molecule has 96 valence electrons. The molecule has 1 saturated heterocycles. The van der Waals surface area contributed by atoms with Gasteiger partial charge in [-0.15, -0.1) is 5.06 Å². The summed E-state index contributed by atoms with van der Waals surface area (Å²) >= 11 is 0. The molecule has 0 aromatic heterocycles. The van der Waals surface area contributed by atoms with E-state index in [9.17, 15) is 14.4 Å². The number of hydrogen-bond acceptors (Lipinski definition) is 6. The Labute approximate surface area is 99.0 Å². The second-order valence-electron chi connectivity index (χ2n) is 3.51. The quantitative estimate of drug-likeness (QED) is 0.467. The van der Waals surface area contributed by atoms with Crippen LogP contribution in [0.25, 0.3) is 0 Å². The van der Waals surface area contributed by atoms with Crippen molar-refractivity contribution in [3.05, 3.63) is 0 Å². The molecule has 17 heavy (non-hydrogen) atoms. The van der Waals surface area contributed by atoms with Gasteiger partial charge in [-0.2, -0.15) is 0 Å². The van der Waals surface area contributed by atoms with Crippen LogP contribution >= 0.6 is 0 Å². The first-order valence-electron chi connectivity index (χ1n) is 5.44. The average Bonchev–Trinajstić information content (AvgIpc) is 2.60. The van der Waals surface area contributed by atoms with Gasteiger partial charge in [0.1, 0.15) is 0 Å². The molecule has 0 aromatic rings. The third kappa shape index (κ3) is 4.49. The van der Waals surface area contributed by atoms with E-state index in [1.54, 1.807) is 7.05 Å². The maximum absolute atomic E-state index is 11.3. The molecule has 0 bridgehead atoms. The fraction of sp³-hybridized carbons (Fsp3) is 0.700. The number of rotatable bonds is 7. The number of nitrogens with zero attached hydrogens (tertiary/aromatic N) is 1. The van der Waals surface area contributed by atoms with Crippen LogP contribution in [0.4, 0.5) is 0 Å². The summed E-state index contributed by atoms with van der Waals surface area (Å²) in [6.45, 7) is 1.39. The molecule has 2 amide bonds. The minimum absolute atomic E-state index is 0.0147. The number of hydroxylamine groups is 2. The summed E-state index contributed by atoms with van der Waals surface area (Å²) in [6.07, 6.45) is 0.219. The molecule has 7 heteroatoms. The minimum atomic E-state index is -0.641. The van der Waals surface area contributed by atoms with E-state index < -0.39 is 17.8 Å². The van der Waals surface area contributed by atoms with Crippen LogP contribution in [0.1, 0.15) is 19.3 Å². The Morgan fingerprint density at radius 3 is 2.53 bits per heavy atom. The Bertz CT molecular complexity index is 289. The predicted octanol–water partition coefficient (Wildman–Crippen LogP) is -0.780. The van der Waals surface area contributed by atoms with Crippen LogP contribution in [0.3, 0.4) is 0 Å². The van der Waals surface area contributed by atoms with Crippen LogP contribution in [0.2, 0.25) is 0 Å². The highest BCUT2D eigenvalue weighted by Crippen LogP contribution is 2.12. The first kappa shape index (κ1) is 13.6. The van der Waals surface area contributed by atoms with E-state index in [4.69, 9.17) is 4.74 Å². The van der Waals surface area contributed by atoms with Gasteiger partial charge in [0.15, 0.2) is 0 Å². The van der Waals surface area contributed by atoms with Gasteiger partial charge in [0.2, 0.25) is 0 Å². The highest BCUT2D eigenvalue weighted by atomic mass is 16.7. The summed E-state index contributed by atoms with van der Waals surface area (Å²) in [5, 5.41) is 3.43. The van der Waals surface area contributed by atoms with Crippen LogP contribution in [0.5, 0.6) is 0 Å². The highest BCUT2D eigenvalue weighted by Gasteiger charge is 2.32. The summed E-state index contributed by atoms with van der Waals surface area (Å²) in [6, 6.07) is 0. The lowest BCUT2D eigenvalue weighted by atomic mass is 10.4. The summed E-state index contributed by atoms with van der Waals surface area (Å²) in [4.78, 5) is 38.1. The normalized spacial score (nSPS) is 15.5. The van der Waals surface area contributed by atoms with Crippen molar-refractivity contribution >= 4 is 17.8 Å². The molecule has 0 unspecified atom stereocenters. The molecule has 7 nitrogen and oxygen atoms in total. The Morgan fingerprint density at radius 2 is 1.94 bits per heavy atom. The number of carbonyl (C=O) groups excluding carboxylic acids is 3. The number of amides is 2. The van der Waals surface area contributed by atoms with Gasteiger partial charge in [0, 0.05) is 19.4 Å². The molecule has 0 atom stereocenters. The van der Waals surface area contributed by atoms with E-state index in [2.05, 4.69) is 10.2 Å². The van der Waals surface area contributed by atoms with Crippen molar-refractivity contribution in [1.29, 1.82) is 0 Å². The van der Waals surface area contributed by atoms with E-state index in [0.717, 1.165) is 0 Å². The Kier molecular flexibility index (Phi) is 5.58. The van der Waals surface area contributed by atoms with E-state index in [-0.39, 0.29) is 25.9 Å². The zero-order valence-corrected chi connectivity index (χ0v) is 9.73. The van der Waals surface area contributed by atoms with Gasteiger partial charge in [0.05, 0.1) is 19.6 Å². The molecule has 1 N–H and O–H groups in total. The molecular weight excluding hydrogens is 228 g/mol. The van der Waals surface area contributed by atoms with Crippen molar-refractivity contribution in [3.8, 4) is 0 Å². The van der Waals surface area contributed by atoms with Gasteiger partial charge in [-0.3, -0.25) is 9.59 Å². The first-order valence-corrected chi connectivity index (χ1v) is 5.44. The molecule has 0 radical (unpaired) electrons. The molecule has 0 aromatic carbocycles. The highest BCUT2D eigenvalue weighted by molar-refractivity contribution is 6.01. The largest absolute Gasteiger partial charge is 0.380 e. The topological polar surface area (TPSA) is 84.9 Å². The van der Waals surface area contributed by atoms with Crippen molar-refractivity contribution in [2.24, 2.45) is 0 Å². The Morgan fingerprint density at radius 1 is 1.29 bits per heavy atom. The number of likely N-dealkylation sites (N-methyl/N-ethyl adjacent to an activating group) is 1. The third-order valence-electron chi connectivity index (χ3n) is 2.15. The maximum Gasteiger partial charge on any atom is 0.335 e. The lowest BCUT2D eigenvalue weighted by molar-refractivity contribution is -0.198. The predicted molar refractivity (Wildman–Crippen MR) is 56.5 cm³/mol. The van der Waals surface area contributed by atoms with Crippen molar-refractivity contribution in [1.82, 2.24) is 10.4 Å². The average molecular weight is 244 g/mol. The van der Waals surface area contributed by atoms with Gasteiger partial charge in [-0.05, 0) is 7.05 Å². The summed E-state index contributed by atoms with van der Waals surface area (Å²) in [5.74, 6) is -1.59. The minimum Gasteiger partial charge on any atom is -0.380 e. The second kappa shape index (κ2) is 6.97. The molecule has 1 fully saturated rings. The Hall–Kier alpha value is -1.47. The van der Waals surface area contributed by atoms with Crippen LogP contribution < -0.4 is 5.32 Å². The maximum atomic E-state index is 11.3. The SMILES string of the molecule is CNCCOCCC(=O)ON1C(=O)CCC1=O. The molecular formula is C10H16N2O5. The molecule has 1 heterocycles. The number of hydrogen-bond donors (Lipinski definition) is 1. The molecule has 0 aliphatic carbocycles. The van der Waals surface area contributed by atoms with Gasteiger partial charge in [0.25, 0.3) is 11.8 Å². The third-order valence-corrected chi connectivity index (χ3v) is 2.15. The molecule has 1 aliphatic rings. The molecule has 0 spiro atoms. The monoisotopic (exact) mass is 244 g/mol. The van der Waals surface area contributed by atoms with Crippen LogP contribution in [0, 0.1) is 0 Å². The van der Waals surface area contributed by atoms with E-state index >= 15 is 0 Å². The number of nitrogens with one attached hydrogen (secondary N) is 1. The van der Waals surface area contributed by atoms with E-state index in [1.807, 2.05) is 0 Å². The van der Waals surface area contributed by atoms with E-state index in [1.165, 1.54) is 0 Å². The second-order valence-corrected chi connectivity index (χ2v) is 3.51. The van der Waals surface area contributed by atoms with Crippen LogP contribution in [0.15, 0.2) is 0 Å². The number of carbonyl (C=O) groups is 3. The fourth-order valence-corrected chi connectivity index (χ4v) is 1.24. The van der Waals surface area contributed by atoms with Crippen molar-refractivity contribution < 1.29 is 24.0 Å². The zero-order chi connectivity index (χ0) is 12.7. The molecule has 0 saturated carbocycles. The van der Waals surface area contributed by atoms with Crippen molar-refractivity contribution in [2.75, 3.05) is 26.8 Å². The summed E-state index contributed by atoms with van der Waals surface area (Å²) < 4.78 is 5.11. The van der Waals surface area contributed by atoms with Gasteiger partial charge < -0.3 is 14.9 Å². The number of imide groups is 1. The van der Waals surface area contributed by atoms with Crippen LogP contribution in [-0.2, 0) is 24.0 Å². The number of ether oxygens (including phenoxy) is 1. The first-order chi connectivity index (χ1) is 8.15. The Balaban J connectivity index is 2.16. The molecule has 1 aliphatic heterocycles. The van der Waals surface area contributed by atoms with Crippen LogP contribution in [-0.4, -0.2) is 49.7 Å². The van der Waals surface area contributed by atoms with Gasteiger partial charge in [-0.25, -0.2) is 4.79 Å². The van der Waals surface area contributed by atoms with Gasteiger partial charge >= 0.3 is 5.97 Å². The van der Waals surface area contributed by atoms with Gasteiger partial charge in [-0.1, -0.05) is 0 Å². The summed E-state index contributed by atoms with van der Waals surface area (Å²) in [5.41, 5.74) is 0. The molecule has 1 rings (SSSR count). The summed E-state index contributed by atoms with van der Waals surface area (Å²) in [7, 11) is 1.79. The van der Waals surface area contributed by atoms with E-state index in [0.29, 0.717) is 18.2 Å².